The molecule has 0 aliphatic heterocycles. The highest BCUT2D eigenvalue weighted by atomic mass is 32.4. The number of nitrogens with one attached hydrogen (secondary N) is 2. The highest BCUT2D eigenvalue weighted by molar-refractivity contribution is 7.97. The summed E-state index contributed by atoms with van der Waals surface area (Å²) in [4.78, 5) is 23.2. The summed E-state index contributed by atoms with van der Waals surface area (Å²) in [5.74, 6) is -3.77. The lowest BCUT2D eigenvalue weighted by atomic mass is 10.2. The number of carbonyl (C=O) groups excluding carboxylic acids is 1. The van der Waals surface area contributed by atoms with E-state index in [2.05, 4.69) is 10.6 Å². The van der Waals surface area contributed by atoms with E-state index in [0.29, 0.717) is 12.8 Å². The zero-order chi connectivity index (χ0) is 19.1. The molecule has 0 aromatic heterocycles. The third kappa shape index (κ3) is 6.66. The largest absolute Gasteiger partial charge is 0.480 e. The third-order valence-corrected chi connectivity index (χ3v) is 5.54. The second-order valence-electron chi connectivity index (χ2n) is 5.57. The molecule has 0 fully saturated rings. The van der Waals surface area contributed by atoms with Crippen molar-refractivity contribution in [3.8, 4) is 0 Å². The Morgan fingerprint density at radius 2 is 1.58 bits per heavy atom. The number of carbonyl (C=O) groups is 2. The van der Waals surface area contributed by atoms with Gasteiger partial charge in [0.05, 0.1) is 0 Å². The zero-order valence-electron chi connectivity index (χ0n) is 14.1. The zero-order valence-corrected chi connectivity index (χ0v) is 16.1. The van der Waals surface area contributed by atoms with Gasteiger partial charge in [-0.15, -0.1) is 0 Å². The van der Waals surface area contributed by atoms with Crippen molar-refractivity contribution in [1.82, 2.24) is 15.5 Å². The van der Waals surface area contributed by atoms with Crippen LogP contribution in [0.5, 0.6) is 0 Å². The van der Waals surface area contributed by atoms with Crippen LogP contribution < -0.4 is 10.6 Å². The van der Waals surface area contributed by atoms with E-state index in [1.807, 2.05) is 13.8 Å². The standard InChI is InChI=1S/C13H25F3N3O3PS/c1-5-8(3)17-13(23-24,18-9(4)6-2)19(7-10(20)21)11(22)12(14,15)16/h8-9,17-18H,5-7,23H2,1-4H3,(H,20,21). The molecule has 0 saturated carbocycles. The molecular formula is C13H25F3N3O3PS. The smallest absolute Gasteiger partial charge is 0.471 e. The molecule has 11 heteroatoms. The Kier molecular flexibility index (Phi) is 9.41. The van der Waals surface area contributed by atoms with Gasteiger partial charge in [-0.25, -0.2) is 0 Å². The monoisotopic (exact) mass is 391 g/mol. The number of halogens is 3. The molecular weight excluding hydrogens is 366 g/mol. The molecule has 0 aliphatic carbocycles. The van der Waals surface area contributed by atoms with E-state index in [-0.39, 0.29) is 17.0 Å². The van der Waals surface area contributed by atoms with Gasteiger partial charge < -0.3 is 5.11 Å². The number of nitrogens with zero attached hydrogens (tertiary/aromatic N) is 1. The normalized spacial score (nSPS) is 17.5. The maximum atomic E-state index is 13.0. The Labute approximate surface area is 146 Å². The van der Waals surface area contributed by atoms with E-state index >= 15 is 0 Å². The van der Waals surface area contributed by atoms with Crippen molar-refractivity contribution in [3.05, 3.63) is 0 Å². The maximum absolute atomic E-state index is 13.0. The molecule has 0 bridgehead atoms. The van der Waals surface area contributed by atoms with Crippen molar-refractivity contribution < 1.29 is 27.9 Å². The maximum Gasteiger partial charge on any atom is 0.471 e. The van der Waals surface area contributed by atoms with Crippen LogP contribution in [0.4, 0.5) is 13.2 Å². The van der Waals surface area contributed by atoms with Crippen molar-refractivity contribution >= 4 is 31.0 Å². The predicted molar refractivity (Wildman–Crippen MR) is 91.0 cm³/mol. The summed E-state index contributed by atoms with van der Waals surface area (Å²) < 4.78 is 39.0. The number of hydrogen-bond acceptors (Lipinski definition) is 5. The minimum absolute atomic E-state index is 0.269. The first kappa shape index (κ1) is 23.3. The van der Waals surface area contributed by atoms with E-state index < -0.39 is 37.5 Å². The molecule has 142 valence electrons. The van der Waals surface area contributed by atoms with Crippen molar-refractivity contribution in [3.63, 3.8) is 0 Å². The molecule has 0 heterocycles. The molecule has 0 aliphatic rings. The molecule has 3 atom stereocenters. The average Bonchev–Trinajstić information content (AvgIpc) is 2.49. The van der Waals surface area contributed by atoms with Crippen LogP contribution in [0.3, 0.4) is 0 Å². The molecule has 0 aromatic carbocycles. The number of hydrogen-bond donors (Lipinski definition) is 3. The molecule has 6 nitrogen and oxygen atoms in total. The first-order valence-corrected chi connectivity index (χ1v) is 10.0. The highest BCUT2D eigenvalue weighted by Crippen LogP contribution is 2.30. The number of aliphatic carboxylic acids is 1. The van der Waals surface area contributed by atoms with E-state index in [0.717, 1.165) is 0 Å². The molecule has 1 amide bonds. The van der Waals surface area contributed by atoms with Crippen molar-refractivity contribution in [2.24, 2.45) is 0 Å². The Morgan fingerprint density at radius 1 is 1.17 bits per heavy atom. The van der Waals surface area contributed by atoms with Crippen molar-refractivity contribution in [1.29, 1.82) is 0 Å². The summed E-state index contributed by atoms with van der Waals surface area (Å²) >= 11 is 5.09. The van der Waals surface area contributed by atoms with E-state index in [9.17, 15) is 22.8 Å². The summed E-state index contributed by atoms with van der Waals surface area (Å²) in [5, 5.41) is 14.8. The summed E-state index contributed by atoms with van der Waals surface area (Å²) in [6, 6.07) is -0.538. The van der Waals surface area contributed by atoms with Crippen LogP contribution in [0.25, 0.3) is 0 Å². The van der Waals surface area contributed by atoms with Gasteiger partial charge in [0.1, 0.15) is 6.54 Å². The summed E-state index contributed by atoms with van der Waals surface area (Å²) in [6.07, 6.45) is -4.06. The minimum atomic E-state index is -5.20. The van der Waals surface area contributed by atoms with Gasteiger partial charge in [-0.3, -0.25) is 25.1 Å². The van der Waals surface area contributed by atoms with Crippen molar-refractivity contribution in [2.75, 3.05) is 6.54 Å². The Hall–Kier alpha value is -0.700. The van der Waals surface area contributed by atoms with E-state index in [4.69, 9.17) is 16.9 Å². The summed E-state index contributed by atoms with van der Waals surface area (Å²) in [5.41, 5.74) is -1.70. The molecule has 24 heavy (non-hydrogen) atoms. The van der Waals surface area contributed by atoms with Gasteiger partial charge >= 0.3 is 18.1 Å². The molecule has 0 rings (SSSR count). The van der Waals surface area contributed by atoms with Gasteiger partial charge in [0.25, 0.3) is 0 Å². The fourth-order valence-corrected chi connectivity index (χ4v) is 3.76. The number of carboxylic acid groups (broad SMARTS) is 1. The Balaban J connectivity index is 6.06. The van der Waals surface area contributed by atoms with Gasteiger partial charge in [0.2, 0.25) is 0 Å². The summed E-state index contributed by atoms with van der Waals surface area (Å²) in [7, 11) is -1.20. The lowest BCUT2D eigenvalue weighted by molar-refractivity contribution is -0.192. The van der Waals surface area contributed by atoms with Gasteiger partial charge in [-0.2, -0.15) is 13.2 Å². The number of amides is 1. The number of rotatable bonds is 10. The molecule has 0 radical (unpaired) electrons. The quantitative estimate of drug-likeness (QED) is 0.389. The topological polar surface area (TPSA) is 81.7 Å². The summed E-state index contributed by atoms with van der Waals surface area (Å²) in [6.45, 7) is 5.99. The first-order chi connectivity index (χ1) is 10.9. The molecule has 3 unspecified atom stereocenters. The average molecular weight is 391 g/mol. The van der Waals surface area contributed by atoms with Crippen molar-refractivity contribution in [2.45, 2.75) is 64.3 Å². The van der Waals surface area contributed by atoms with E-state index in [1.54, 1.807) is 13.8 Å². The molecule has 0 aromatic rings. The second-order valence-corrected chi connectivity index (χ2v) is 7.35. The van der Waals surface area contributed by atoms with Crippen LogP contribution in [0.15, 0.2) is 0 Å². The molecule has 0 saturated heterocycles. The van der Waals surface area contributed by atoms with Gasteiger partial charge in [0.15, 0.2) is 5.53 Å². The van der Waals surface area contributed by atoms with Crippen LogP contribution >= 0.6 is 7.36 Å². The lowest BCUT2D eigenvalue weighted by Crippen LogP contribution is -2.71. The molecule has 0 spiro atoms. The van der Waals surface area contributed by atoms with Crippen LogP contribution in [0.2, 0.25) is 0 Å². The first-order valence-electron chi connectivity index (χ1n) is 7.55. The van der Waals surface area contributed by atoms with Gasteiger partial charge in [-0.05, 0) is 34.0 Å². The van der Waals surface area contributed by atoms with Gasteiger partial charge in [0, 0.05) is 12.1 Å². The number of carboxylic acids is 1. The van der Waals surface area contributed by atoms with Crippen LogP contribution in [-0.2, 0) is 21.4 Å². The molecule has 3 N–H and O–H groups in total. The van der Waals surface area contributed by atoms with Crippen LogP contribution in [0, 0.1) is 0 Å². The van der Waals surface area contributed by atoms with Crippen LogP contribution in [-0.4, -0.2) is 52.2 Å². The lowest BCUT2D eigenvalue weighted by Gasteiger charge is -2.45. The fraction of sp³-hybridized carbons (Fsp3) is 0.846. The Bertz CT molecular complexity index is 453. The van der Waals surface area contributed by atoms with Crippen LogP contribution in [0.1, 0.15) is 40.5 Å². The minimum Gasteiger partial charge on any atom is -0.480 e. The van der Waals surface area contributed by atoms with E-state index in [1.165, 1.54) is 0 Å². The SMILES string of the molecule is CCC(C)NC(NC(C)CC)([PH2]=S)N(CC(=O)O)C(=O)C(F)(F)F. The van der Waals surface area contributed by atoms with Gasteiger partial charge in [-0.1, -0.05) is 25.7 Å². The Morgan fingerprint density at radius 3 is 1.83 bits per heavy atom. The second kappa shape index (κ2) is 9.70. The number of alkyl halides is 3. The highest BCUT2D eigenvalue weighted by Gasteiger charge is 2.50. The third-order valence-electron chi connectivity index (χ3n) is 3.53. The predicted octanol–water partition coefficient (Wildman–Crippen LogP) is 1.72. The fourth-order valence-electron chi connectivity index (χ4n) is 1.93.